The van der Waals surface area contributed by atoms with Gasteiger partial charge < -0.3 is 20.1 Å². The third-order valence-corrected chi connectivity index (χ3v) is 5.99. The van der Waals surface area contributed by atoms with Crippen LogP contribution in [0, 0.1) is 0 Å². The molecule has 2 atom stereocenters. The highest BCUT2D eigenvalue weighted by Crippen LogP contribution is 2.33. The van der Waals surface area contributed by atoms with Crippen LogP contribution < -0.4 is 5.73 Å². The van der Waals surface area contributed by atoms with Gasteiger partial charge in [0.2, 0.25) is 0 Å². The van der Waals surface area contributed by atoms with Crippen LogP contribution in [0.15, 0.2) is 47.3 Å². The van der Waals surface area contributed by atoms with Gasteiger partial charge in [0.15, 0.2) is 5.82 Å². The fourth-order valence-electron chi connectivity index (χ4n) is 3.96. The predicted molar refractivity (Wildman–Crippen MR) is 116 cm³/mol. The Hall–Kier alpha value is -2.65. The maximum Gasteiger partial charge on any atom is 0.410 e. The van der Waals surface area contributed by atoms with E-state index in [1.807, 2.05) is 40.9 Å². The second kappa shape index (κ2) is 9.01. The molecule has 1 aromatic carbocycles. The average molecular weight is 474 g/mol. The number of fused-ring (bicyclic) bond motifs is 1. The van der Waals surface area contributed by atoms with Crippen molar-refractivity contribution in [2.75, 3.05) is 26.0 Å². The minimum Gasteiger partial charge on any atom is -0.445 e. The Morgan fingerprint density at radius 1 is 1.30 bits per heavy atom. The van der Waals surface area contributed by atoms with Crippen LogP contribution in [0.5, 0.6) is 0 Å². The molecular weight excluding hydrogens is 450 g/mol. The van der Waals surface area contributed by atoms with Gasteiger partial charge in [-0.25, -0.2) is 14.8 Å². The standard InChI is InChI=1S/C21H24BrN5O3/c1-29-13-16-8-7-15(20-25-18(22)17-19(23)24-9-10-26(17)20)11-27(16)21(28)30-12-14-5-3-2-4-6-14/h2-6,9-10,15-16H,7-8,11-13H2,1H3,(H2,23,24). The van der Waals surface area contributed by atoms with Gasteiger partial charge in [0.25, 0.3) is 0 Å². The van der Waals surface area contributed by atoms with Crippen LogP contribution in [0.1, 0.15) is 30.1 Å². The van der Waals surface area contributed by atoms with E-state index in [4.69, 9.17) is 15.2 Å². The van der Waals surface area contributed by atoms with Gasteiger partial charge in [0, 0.05) is 32.0 Å². The number of anilines is 1. The van der Waals surface area contributed by atoms with Crippen LogP contribution in [-0.2, 0) is 16.1 Å². The molecule has 1 fully saturated rings. The molecule has 0 spiro atoms. The molecule has 3 aromatic rings. The van der Waals surface area contributed by atoms with Crippen molar-refractivity contribution in [3.8, 4) is 0 Å². The Kier molecular flexibility index (Phi) is 6.19. The number of hydrogen-bond donors (Lipinski definition) is 1. The van der Waals surface area contributed by atoms with Gasteiger partial charge in [0.05, 0.1) is 12.6 Å². The number of imidazole rings is 1. The molecule has 3 heterocycles. The molecule has 2 N–H and O–H groups in total. The summed E-state index contributed by atoms with van der Waals surface area (Å²) in [6.07, 6.45) is 4.84. The van der Waals surface area contributed by atoms with Crippen LogP contribution in [-0.4, -0.2) is 51.7 Å². The first-order chi connectivity index (χ1) is 14.6. The molecule has 9 heteroatoms. The molecule has 2 aromatic heterocycles. The molecule has 0 aliphatic carbocycles. The van der Waals surface area contributed by atoms with E-state index >= 15 is 0 Å². The molecule has 2 unspecified atom stereocenters. The van der Waals surface area contributed by atoms with E-state index in [0.29, 0.717) is 23.6 Å². The van der Waals surface area contributed by atoms with Gasteiger partial charge in [-0.2, -0.15) is 0 Å². The van der Waals surface area contributed by atoms with E-state index in [2.05, 4.69) is 25.9 Å². The summed E-state index contributed by atoms with van der Waals surface area (Å²) in [5, 5.41) is 0. The normalized spacial score (nSPS) is 19.2. The lowest BCUT2D eigenvalue weighted by Crippen LogP contribution is -2.48. The summed E-state index contributed by atoms with van der Waals surface area (Å²) < 4.78 is 13.6. The number of benzene rings is 1. The summed E-state index contributed by atoms with van der Waals surface area (Å²) >= 11 is 3.49. The van der Waals surface area contributed by atoms with E-state index in [-0.39, 0.29) is 24.7 Å². The summed E-state index contributed by atoms with van der Waals surface area (Å²) in [5.41, 5.74) is 7.72. The molecular formula is C21H24BrN5O3. The van der Waals surface area contributed by atoms with Crippen molar-refractivity contribution in [1.29, 1.82) is 0 Å². The number of aromatic nitrogens is 3. The van der Waals surface area contributed by atoms with Gasteiger partial charge in [0.1, 0.15) is 22.6 Å². The number of amides is 1. The monoisotopic (exact) mass is 473 g/mol. The molecule has 0 saturated carbocycles. The highest BCUT2D eigenvalue weighted by molar-refractivity contribution is 9.10. The first-order valence-corrected chi connectivity index (χ1v) is 10.6. The average Bonchev–Trinajstić information content (AvgIpc) is 3.11. The lowest BCUT2D eigenvalue weighted by atomic mass is 9.92. The van der Waals surface area contributed by atoms with Gasteiger partial charge in [-0.05, 0) is 34.3 Å². The highest BCUT2D eigenvalue weighted by atomic mass is 79.9. The molecule has 1 aliphatic heterocycles. The summed E-state index contributed by atoms with van der Waals surface area (Å²) in [6.45, 7) is 1.20. The third-order valence-electron chi connectivity index (χ3n) is 5.44. The Balaban J connectivity index is 1.55. The number of likely N-dealkylation sites (tertiary alicyclic amines) is 1. The maximum absolute atomic E-state index is 12.9. The minimum atomic E-state index is -0.341. The molecule has 1 amide bonds. The second-order valence-electron chi connectivity index (χ2n) is 7.37. The number of piperidine rings is 1. The number of carbonyl (C=O) groups excluding carboxylic acids is 1. The highest BCUT2D eigenvalue weighted by Gasteiger charge is 2.35. The smallest absolute Gasteiger partial charge is 0.410 e. The van der Waals surface area contributed by atoms with Crippen molar-refractivity contribution in [3.63, 3.8) is 0 Å². The fourth-order valence-corrected chi connectivity index (χ4v) is 4.54. The molecule has 4 rings (SSSR count). The van der Waals surface area contributed by atoms with Crippen molar-refractivity contribution in [2.24, 2.45) is 0 Å². The van der Waals surface area contributed by atoms with Crippen LogP contribution in [0.25, 0.3) is 5.52 Å². The van der Waals surface area contributed by atoms with Gasteiger partial charge in [-0.15, -0.1) is 0 Å². The Labute approximate surface area is 183 Å². The van der Waals surface area contributed by atoms with Gasteiger partial charge in [-0.3, -0.25) is 4.40 Å². The van der Waals surface area contributed by atoms with Crippen molar-refractivity contribution in [3.05, 3.63) is 58.7 Å². The zero-order chi connectivity index (χ0) is 21.1. The molecule has 158 valence electrons. The number of rotatable bonds is 5. The number of methoxy groups -OCH3 is 1. The third kappa shape index (κ3) is 4.13. The maximum atomic E-state index is 12.9. The second-order valence-corrected chi connectivity index (χ2v) is 8.12. The SMILES string of the molecule is COCC1CCC(c2nc(Br)c3c(N)nccn23)CN1C(=O)OCc1ccccc1. The van der Waals surface area contributed by atoms with Crippen LogP contribution in [0.4, 0.5) is 10.6 Å². The molecule has 30 heavy (non-hydrogen) atoms. The number of nitrogen functional groups attached to an aromatic ring is 1. The zero-order valence-electron chi connectivity index (χ0n) is 16.7. The number of nitrogens with two attached hydrogens (primary N) is 1. The van der Waals surface area contributed by atoms with E-state index < -0.39 is 0 Å². The van der Waals surface area contributed by atoms with Crippen molar-refractivity contribution in [2.45, 2.75) is 31.4 Å². The predicted octanol–water partition coefficient (Wildman–Crippen LogP) is 3.61. The number of ether oxygens (including phenoxy) is 2. The lowest BCUT2D eigenvalue weighted by molar-refractivity contribution is 0.0338. The van der Waals surface area contributed by atoms with Crippen LogP contribution in [0.2, 0.25) is 0 Å². The number of halogens is 1. The molecule has 0 bridgehead atoms. The summed E-state index contributed by atoms with van der Waals surface area (Å²) in [7, 11) is 1.65. The zero-order valence-corrected chi connectivity index (χ0v) is 18.3. The largest absolute Gasteiger partial charge is 0.445 e. The number of hydrogen-bond acceptors (Lipinski definition) is 6. The molecule has 1 saturated heterocycles. The summed E-state index contributed by atoms with van der Waals surface area (Å²) in [5.74, 6) is 1.31. The van der Waals surface area contributed by atoms with E-state index in [9.17, 15) is 4.79 Å². The Morgan fingerprint density at radius 2 is 2.10 bits per heavy atom. The fraction of sp³-hybridized carbons (Fsp3) is 0.381. The van der Waals surface area contributed by atoms with E-state index in [1.54, 1.807) is 18.2 Å². The lowest BCUT2D eigenvalue weighted by Gasteiger charge is -2.38. The van der Waals surface area contributed by atoms with Crippen molar-refractivity contribution >= 4 is 33.4 Å². The molecule has 1 aliphatic rings. The number of carbonyl (C=O) groups is 1. The Morgan fingerprint density at radius 3 is 2.87 bits per heavy atom. The minimum absolute atomic E-state index is 0.0315. The topological polar surface area (TPSA) is 95.0 Å². The quantitative estimate of drug-likeness (QED) is 0.607. The number of nitrogens with zero attached hydrogens (tertiary/aromatic N) is 4. The first kappa shape index (κ1) is 20.6. The van der Waals surface area contributed by atoms with Gasteiger partial charge in [-0.1, -0.05) is 30.3 Å². The van der Waals surface area contributed by atoms with Crippen LogP contribution in [0.3, 0.4) is 0 Å². The van der Waals surface area contributed by atoms with Crippen LogP contribution >= 0.6 is 15.9 Å². The van der Waals surface area contributed by atoms with E-state index in [1.165, 1.54) is 0 Å². The first-order valence-electron chi connectivity index (χ1n) is 9.82. The molecule has 0 radical (unpaired) electrons. The van der Waals surface area contributed by atoms with Crippen molar-refractivity contribution in [1.82, 2.24) is 19.3 Å². The van der Waals surface area contributed by atoms with Gasteiger partial charge >= 0.3 is 6.09 Å². The van der Waals surface area contributed by atoms with Crippen molar-refractivity contribution < 1.29 is 14.3 Å². The Bertz CT molecular complexity index is 1030. The summed E-state index contributed by atoms with van der Waals surface area (Å²) in [6, 6.07) is 9.63. The van der Waals surface area contributed by atoms with E-state index in [0.717, 1.165) is 29.7 Å². The summed E-state index contributed by atoms with van der Waals surface area (Å²) in [4.78, 5) is 23.5. The molecule has 8 nitrogen and oxygen atoms in total.